The smallest absolute Gasteiger partial charge is 0.446 e. The van der Waals surface area contributed by atoms with Gasteiger partial charge in [0.2, 0.25) is 0 Å². The Bertz CT molecular complexity index is 1860. The summed E-state index contributed by atoms with van der Waals surface area (Å²) in [7, 11) is 1.49. The molecule has 9 heteroatoms. The van der Waals surface area contributed by atoms with Gasteiger partial charge in [-0.3, -0.25) is 0 Å². The van der Waals surface area contributed by atoms with Crippen LogP contribution in [-0.4, -0.2) is 40.5 Å². The third-order valence-corrected chi connectivity index (χ3v) is 10.7. The van der Waals surface area contributed by atoms with Crippen molar-refractivity contribution in [1.82, 2.24) is 4.48 Å². The van der Waals surface area contributed by atoms with Crippen LogP contribution in [0.4, 0.5) is 31.4 Å². The highest BCUT2D eigenvalue weighted by Crippen LogP contribution is 2.48. The molecule has 0 aliphatic carbocycles. The number of phenols is 3. The molecule has 4 rings (SSSR count). The predicted octanol–water partition coefficient (Wildman–Crippen LogP) is 11.9. The molecule has 0 unspecified atom stereocenters. The van der Waals surface area contributed by atoms with Gasteiger partial charge in [0.1, 0.15) is 17.2 Å². The molecule has 1 saturated heterocycles. The van der Waals surface area contributed by atoms with Gasteiger partial charge in [-0.15, -0.1) is 4.48 Å². The van der Waals surface area contributed by atoms with Gasteiger partial charge in [-0.05, 0) is 56.8 Å². The summed E-state index contributed by atoms with van der Waals surface area (Å²) in [4.78, 5) is 48.2. The zero-order valence-electron chi connectivity index (χ0n) is 36.9. The van der Waals surface area contributed by atoms with Crippen LogP contribution in [0.1, 0.15) is 158 Å². The van der Waals surface area contributed by atoms with Crippen molar-refractivity contribution in [2.24, 2.45) is 0 Å². The van der Waals surface area contributed by atoms with Crippen LogP contribution in [0.2, 0.25) is 0 Å². The molecule has 0 aromatic heterocycles. The first kappa shape index (κ1) is 43.4. The molecule has 0 bridgehead atoms. The third-order valence-electron chi connectivity index (χ3n) is 10.7. The number of phenolic OH excluding ortho intramolecular Hbond substituents is 3. The van der Waals surface area contributed by atoms with Crippen LogP contribution in [0.15, 0.2) is 36.4 Å². The summed E-state index contributed by atoms with van der Waals surface area (Å²) < 4.78 is -0.981. The quantitative estimate of drug-likeness (QED) is 0.229. The van der Waals surface area contributed by atoms with Crippen LogP contribution in [0.25, 0.3) is 0 Å². The molecule has 1 aliphatic rings. The number of rotatable bonds is 3. The summed E-state index contributed by atoms with van der Waals surface area (Å²) in [5.41, 5.74) is 0.434. The van der Waals surface area contributed by atoms with Crippen LogP contribution in [0, 0.1) is 0 Å². The normalized spacial score (nSPS) is 16.3. The predicted molar refractivity (Wildman–Crippen MR) is 225 cm³/mol. The molecule has 0 radical (unpaired) electrons. The maximum atomic E-state index is 15.4. The Morgan fingerprint density at radius 1 is 0.400 bits per heavy atom. The first-order valence-corrected chi connectivity index (χ1v) is 19.2. The van der Waals surface area contributed by atoms with Gasteiger partial charge in [0.25, 0.3) is 0 Å². The Kier molecular flexibility index (Phi) is 10.3. The number of nitrogens with zero attached hydrogens (tertiary/aromatic N) is 3. The highest BCUT2D eigenvalue weighted by Gasteiger charge is 2.60. The highest BCUT2D eigenvalue weighted by atomic mass is 16.3. The standard InChI is InChI=1S/C46H65N3O6/c1-41(2,3)29-20-26(21-30(35(29)50)42(4,5)6)47-38(53)48(27-22-31(43(7,8)9)36(51)32(23-27)44(10,11)12)40(55)49(19,39(47)54)28-24-33(45(13,14)15)37(52)34(25-28)46(16,17)18/h20-25H,1-19H3,(H2-,50,51,52)/p+1. The van der Waals surface area contributed by atoms with E-state index in [1.165, 1.54) is 7.05 Å². The van der Waals surface area contributed by atoms with Crippen molar-refractivity contribution >= 4 is 35.2 Å². The summed E-state index contributed by atoms with van der Waals surface area (Å²) in [5.74, 6) is 0.248. The zero-order valence-corrected chi connectivity index (χ0v) is 36.9. The van der Waals surface area contributed by atoms with Crippen molar-refractivity contribution in [3.8, 4) is 17.2 Å². The number of anilines is 2. The Labute approximate surface area is 329 Å². The van der Waals surface area contributed by atoms with E-state index in [4.69, 9.17) is 0 Å². The van der Waals surface area contributed by atoms with Crippen LogP contribution < -0.4 is 14.3 Å². The number of hydrogen-bond acceptors (Lipinski definition) is 6. The molecule has 1 heterocycles. The monoisotopic (exact) mass is 756 g/mol. The van der Waals surface area contributed by atoms with Gasteiger partial charge in [0.05, 0.1) is 18.4 Å². The fourth-order valence-electron chi connectivity index (χ4n) is 7.21. The Balaban J connectivity index is 2.26. The molecule has 1 fully saturated rings. The lowest BCUT2D eigenvalue weighted by atomic mass is 9.78. The van der Waals surface area contributed by atoms with E-state index in [0.29, 0.717) is 33.4 Å². The number of benzene rings is 3. The number of quaternary nitrogens is 1. The molecular weight excluding hydrogens is 691 g/mol. The van der Waals surface area contributed by atoms with Crippen molar-refractivity contribution in [2.45, 2.75) is 157 Å². The fraction of sp³-hybridized carbons (Fsp3) is 0.543. The minimum atomic E-state index is -0.981. The molecule has 55 heavy (non-hydrogen) atoms. The first-order chi connectivity index (χ1) is 24.5. The van der Waals surface area contributed by atoms with Crippen molar-refractivity contribution in [1.29, 1.82) is 0 Å². The van der Waals surface area contributed by atoms with E-state index in [1.54, 1.807) is 36.4 Å². The lowest BCUT2D eigenvalue weighted by molar-refractivity contribution is 0.194. The molecule has 300 valence electrons. The number of imide groups is 3. The summed E-state index contributed by atoms with van der Waals surface area (Å²) in [6.45, 7) is 35.1. The second-order valence-corrected chi connectivity index (χ2v) is 21.7. The topological polar surface area (TPSA) is 118 Å². The summed E-state index contributed by atoms with van der Waals surface area (Å²) in [6.07, 6.45) is 0. The SMILES string of the molecule is CC(C)(C)c1cc(N2C(=O)N(c3cc(C(C)(C)C)c(O)c(C(C)(C)C)c3)C(=O)[N+](C)(c3cc(C(C)(C)C)c(O)c(C(C)(C)C)c3)C2=O)cc(C(C)(C)C)c1O. The van der Waals surface area contributed by atoms with E-state index in [-0.39, 0.29) is 34.3 Å². The van der Waals surface area contributed by atoms with Crippen LogP contribution >= 0.6 is 0 Å². The summed E-state index contributed by atoms with van der Waals surface area (Å²) in [6, 6.07) is 7.53. The number of aromatic hydroxyl groups is 3. The maximum absolute atomic E-state index is 15.4. The number of urea groups is 3. The van der Waals surface area contributed by atoms with Crippen molar-refractivity contribution in [2.75, 3.05) is 16.8 Å². The van der Waals surface area contributed by atoms with Crippen molar-refractivity contribution in [3.05, 3.63) is 69.8 Å². The van der Waals surface area contributed by atoms with Crippen LogP contribution in [-0.2, 0) is 32.5 Å². The second-order valence-electron chi connectivity index (χ2n) is 21.7. The highest BCUT2D eigenvalue weighted by molar-refractivity contribution is 6.38. The van der Waals surface area contributed by atoms with E-state index in [2.05, 4.69) is 0 Å². The molecule has 3 N–H and O–H groups in total. The van der Waals surface area contributed by atoms with E-state index in [1.807, 2.05) is 125 Å². The largest absolute Gasteiger partial charge is 0.507 e. The lowest BCUT2D eigenvalue weighted by Gasteiger charge is -2.42. The minimum Gasteiger partial charge on any atom is -0.507 e. The third kappa shape index (κ3) is 7.61. The Hall–Kier alpha value is -4.37. The molecule has 3 aromatic carbocycles. The Morgan fingerprint density at radius 3 is 0.800 bits per heavy atom. The van der Waals surface area contributed by atoms with Crippen molar-refractivity contribution in [3.63, 3.8) is 0 Å². The van der Waals surface area contributed by atoms with Crippen LogP contribution in [0.3, 0.4) is 0 Å². The minimum absolute atomic E-state index is 0.0807. The zero-order chi connectivity index (χ0) is 42.6. The average molecular weight is 757 g/mol. The van der Waals surface area contributed by atoms with E-state index in [0.717, 1.165) is 9.80 Å². The van der Waals surface area contributed by atoms with Crippen LogP contribution in [0.5, 0.6) is 17.2 Å². The van der Waals surface area contributed by atoms with Gasteiger partial charge in [0, 0.05) is 45.5 Å². The molecule has 3 aromatic rings. The van der Waals surface area contributed by atoms with Gasteiger partial charge in [-0.25, -0.2) is 14.4 Å². The maximum Gasteiger partial charge on any atom is 0.446 e. The van der Waals surface area contributed by atoms with E-state index < -0.39 is 55.1 Å². The number of hydrogen-bond donors (Lipinski definition) is 3. The molecule has 0 saturated carbocycles. The molecule has 0 spiro atoms. The van der Waals surface area contributed by atoms with Gasteiger partial charge >= 0.3 is 18.1 Å². The lowest BCUT2D eigenvalue weighted by Crippen LogP contribution is -2.73. The molecule has 1 aliphatic heterocycles. The average Bonchev–Trinajstić information content (AvgIpc) is 2.98. The molecule has 0 atom stereocenters. The number of carbonyl (C=O) groups excluding carboxylic acids is 3. The van der Waals surface area contributed by atoms with Gasteiger partial charge in [0.15, 0.2) is 5.69 Å². The van der Waals surface area contributed by atoms with Gasteiger partial charge in [-0.1, -0.05) is 125 Å². The number of carbonyl (C=O) groups is 3. The van der Waals surface area contributed by atoms with Gasteiger partial charge < -0.3 is 15.3 Å². The summed E-state index contributed by atoms with van der Waals surface area (Å²) >= 11 is 0. The van der Waals surface area contributed by atoms with E-state index >= 15 is 14.4 Å². The van der Waals surface area contributed by atoms with E-state index in [9.17, 15) is 15.3 Å². The second kappa shape index (κ2) is 13.1. The summed E-state index contributed by atoms with van der Waals surface area (Å²) in [5, 5.41) is 35.0. The molecule has 9 nitrogen and oxygen atoms in total. The fourth-order valence-corrected chi connectivity index (χ4v) is 7.21. The molecule has 6 amide bonds. The first-order valence-electron chi connectivity index (χ1n) is 19.2. The Morgan fingerprint density at radius 2 is 0.600 bits per heavy atom. The molecular formula is C46H66N3O6+. The van der Waals surface area contributed by atoms with Crippen molar-refractivity contribution < 1.29 is 29.7 Å². The number of amides is 6. The van der Waals surface area contributed by atoms with Gasteiger partial charge in [-0.2, -0.15) is 9.80 Å².